The quantitative estimate of drug-likeness (QED) is 0.540. The third-order valence-electron chi connectivity index (χ3n) is 0. The van der Waals surface area contributed by atoms with Crippen molar-refractivity contribution < 1.29 is 19.3 Å². The Bertz CT molecular complexity index is 41.0. The first-order valence-electron chi connectivity index (χ1n) is 1.07. The molecule has 0 aromatic rings. The molecule has 0 unspecified atom stereocenters. The van der Waals surface area contributed by atoms with Gasteiger partial charge in [0.2, 0.25) is 0 Å². The molecule has 0 rings (SSSR count). The Hall–Kier alpha value is 0.202. The summed E-state index contributed by atoms with van der Waals surface area (Å²) >= 11 is 5.25. The van der Waals surface area contributed by atoms with Gasteiger partial charge < -0.3 is 0 Å². The minimum absolute atomic E-state index is 2.25. The van der Waals surface area contributed by atoms with Crippen LogP contribution in [0.1, 0.15) is 0 Å². The van der Waals surface area contributed by atoms with Crippen molar-refractivity contribution in [3.05, 3.63) is 18.9 Å². The Labute approximate surface area is 59.2 Å². The van der Waals surface area contributed by atoms with E-state index in [2.05, 4.69) is 54.2 Å². The molecule has 0 saturated heterocycles. The molecule has 0 aromatic heterocycles. The van der Waals surface area contributed by atoms with E-state index in [9.17, 15) is 0 Å². The second-order valence-electron chi connectivity index (χ2n) is 0.250. The summed E-state index contributed by atoms with van der Waals surface area (Å²) in [7, 11) is 0. The van der Waals surface area contributed by atoms with Crippen molar-refractivity contribution in [3.63, 3.8) is 0 Å². The Morgan fingerprint density at radius 3 is 1.43 bits per heavy atom. The summed E-state index contributed by atoms with van der Waals surface area (Å²) in [6.45, 7) is 10.8. The molecule has 0 amide bonds. The molecule has 0 aliphatic rings. The molecule has 0 aliphatic heterocycles. The van der Waals surface area contributed by atoms with Gasteiger partial charge in [0.1, 0.15) is 0 Å². The molecule has 7 heavy (non-hydrogen) atoms. The zero-order valence-electron chi connectivity index (χ0n) is 3.61. The summed E-state index contributed by atoms with van der Waals surface area (Å²) in [5.41, 5.74) is 2.25. The van der Waals surface area contributed by atoms with Gasteiger partial charge in [-0.15, -0.1) is 5.73 Å². The second-order valence-corrected chi connectivity index (χ2v) is 0.250. The molecule has 1 nitrogen and oxygen atoms in total. The van der Waals surface area contributed by atoms with Crippen LogP contribution in [0.15, 0.2) is 18.9 Å². The van der Waals surface area contributed by atoms with Crippen LogP contribution >= 0.6 is 14.1 Å². The molecule has 0 aromatic carbocycles. The van der Waals surface area contributed by atoms with Gasteiger partial charge in [0, 0.05) is 0 Å². The zero-order valence-corrected chi connectivity index (χ0v) is 6.47. The van der Waals surface area contributed by atoms with Gasteiger partial charge in [0.15, 0.2) is 0 Å². The van der Waals surface area contributed by atoms with Gasteiger partial charge in [-0.2, -0.15) is 0 Å². The van der Waals surface area contributed by atoms with Crippen LogP contribution in [0.25, 0.3) is 0 Å². The van der Waals surface area contributed by atoms with Crippen LogP contribution in [0.3, 0.4) is 0 Å². The Kier molecular flexibility index (Phi) is 260. The minimum atomic E-state index is 2.25. The molecule has 2 radical (unpaired) electrons. The number of halogens is 1. The van der Waals surface area contributed by atoms with Crippen molar-refractivity contribution >= 4 is 20.8 Å². The van der Waals surface area contributed by atoms with E-state index in [-0.39, 0.29) is 0 Å². The predicted molar refractivity (Wildman–Crippen MR) is 29.4 cm³/mol. The first-order valence-corrected chi connectivity index (χ1v) is 4.22. The van der Waals surface area contributed by atoms with Gasteiger partial charge in [0.05, 0.1) is 0 Å². The van der Waals surface area contributed by atoms with Crippen LogP contribution in [-0.2, 0) is 19.3 Å². The van der Waals surface area contributed by atoms with Crippen molar-refractivity contribution in [1.29, 1.82) is 0 Å². The Morgan fingerprint density at radius 2 is 1.43 bits per heavy atom. The molecule has 39 valence electrons. The molecule has 0 fully saturated rings. The standard InChI is InChI=1S/C3H4.CO.BrH.Cr/c1-3-2;1-2;;/h1-2H2;;1H;/q;;;+1/p-1. The molecular formula is C4H4BrCrO. The van der Waals surface area contributed by atoms with Crippen molar-refractivity contribution in [2.45, 2.75) is 0 Å². The third-order valence-corrected chi connectivity index (χ3v) is 0. The zero-order chi connectivity index (χ0) is 6.71. The number of hydrogen-bond acceptors (Lipinski definition) is 1. The number of rotatable bonds is 0. The number of carbonyl (C=O) groups excluding carboxylic acids is 1. The molecule has 0 aliphatic carbocycles. The summed E-state index contributed by atoms with van der Waals surface area (Å²) in [6.07, 6.45) is 0. The summed E-state index contributed by atoms with van der Waals surface area (Å²) in [5, 5.41) is 0. The summed E-state index contributed by atoms with van der Waals surface area (Å²) in [6, 6.07) is 0. The van der Waals surface area contributed by atoms with Crippen LogP contribution in [0.2, 0.25) is 0 Å². The van der Waals surface area contributed by atoms with Gasteiger partial charge in [-0.1, -0.05) is 13.2 Å². The normalized spacial score (nSPS) is 2.43. The SMILES string of the molecule is C=C=C.[C]=O.[Cr][Br]. The van der Waals surface area contributed by atoms with E-state index >= 15 is 0 Å². The fourth-order valence-electron chi connectivity index (χ4n) is 0. The van der Waals surface area contributed by atoms with Crippen LogP contribution in [-0.4, -0.2) is 6.79 Å². The molecule has 0 spiro atoms. The number of hydrogen-bond donors (Lipinski definition) is 0. The van der Waals surface area contributed by atoms with E-state index in [0.717, 1.165) is 0 Å². The monoisotopic (exact) mass is 199 g/mol. The average Bonchev–Trinajstić information content (AvgIpc) is 1.78. The average molecular weight is 200 g/mol. The van der Waals surface area contributed by atoms with Gasteiger partial charge in [-0.25, -0.2) is 0 Å². The van der Waals surface area contributed by atoms with Crippen LogP contribution in [0, 0.1) is 0 Å². The molecule has 0 heterocycles. The summed E-state index contributed by atoms with van der Waals surface area (Å²) in [4.78, 5) is 7.50. The van der Waals surface area contributed by atoms with Crippen molar-refractivity contribution in [3.8, 4) is 0 Å². The van der Waals surface area contributed by atoms with E-state index in [1.807, 2.05) is 0 Å². The molecule has 0 N–H and O–H groups in total. The van der Waals surface area contributed by atoms with Crippen molar-refractivity contribution in [2.24, 2.45) is 0 Å². The first-order chi connectivity index (χ1) is 3.41. The predicted octanol–water partition coefficient (Wildman–Crippen LogP) is 1.40. The molecule has 0 atom stereocenters. The molecule has 0 saturated carbocycles. The van der Waals surface area contributed by atoms with E-state index in [1.54, 1.807) is 0 Å². The Balaban J connectivity index is -0.0000000360. The summed E-state index contributed by atoms with van der Waals surface area (Å²) < 4.78 is 0. The fourth-order valence-corrected chi connectivity index (χ4v) is 0. The van der Waals surface area contributed by atoms with Crippen LogP contribution in [0.5, 0.6) is 0 Å². The van der Waals surface area contributed by atoms with E-state index in [1.165, 1.54) is 0 Å². The third kappa shape index (κ3) is 2670. The van der Waals surface area contributed by atoms with Crippen molar-refractivity contribution in [1.82, 2.24) is 0 Å². The maximum absolute atomic E-state index is 7.50. The van der Waals surface area contributed by atoms with Crippen LogP contribution < -0.4 is 0 Å². The van der Waals surface area contributed by atoms with Gasteiger partial charge in [-0.05, 0) is 0 Å². The second kappa shape index (κ2) is 116. The van der Waals surface area contributed by atoms with E-state index < -0.39 is 0 Å². The van der Waals surface area contributed by atoms with Gasteiger partial charge in [0.25, 0.3) is 6.79 Å². The first kappa shape index (κ1) is 15.7. The molecular weight excluding hydrogens is 196 g/mol. The van der Waals surface area contributed by atoms with Crippen LogP contribution in [0.4, 0.5) is 0 Å². The van der Waals surface area contributed by atoms with Gasteiger partial charge in [-0.3, -0.25) is 4.79 Å². The molecule has 3 heteroatoms. The van der Waals surface area contributed by atoms with E-state index in [0.29, 0.717) is 0 Å². The summed E-state index contributed by atoms with van der Waals surface area (Å²) in [5.74, 6) is 0. The van der Waals surface area contributed by atoms with Gasteiger partial charge >= 0.3 is 28.5 Å². The van der Waals surface area contributed by atoms with E-state index in [4.69, 9.17) is 4.79 Å². The maximum atomic E-state index is 7.50. The Morgan fingerprint density at radius 1 is 1.43 bits per heavy atom. The molecule has 0 bridgehead atoms. The topological polar surface area (TPSA) is 17.1 Å². The fraction of sp³-hybridized carbons (Fsp3) is 0. The van der Waals surface area contributed by atoms with Crippen molar-refractivity contribution in [2.75, 3.05) is 0 Å².